The standard InChI is InChI=1S/C18H18F4N4O5/c19-12-8-14(31-13(12)10-27)26-9-11(15(23)25-17(26)29)4-2-1-3-6-30-7-5-24-16(28)18(20,21)22/h9,12-14,27H,5-8,10H2,(H,24,28)(H2,23,25,29). The molecular formula is C18H18F4N4O5. The molecule has 9 nitrogen and oxygen atoms in total. The minimum absolute atomic E-state index is 0.135. The van der Waals surface area contributed by atoms with Crippen molar-refractivity contribution in [2.75, 3.05) is 32.1 Å². The molecule has 3 unspecified atom stereocenters. The number of amides is 1. The molecule has 13 heteroatoms. The number of alkyl halides is 4. The highest BCUT2D eigenvalue weighted by atomic mass is 19.4. The number of nitrogens with zero attached hydrogens (tertiary/aromatic N) is 2. The minimum atomic E-state index is -4.95. The summed E-state index contributed by atoms with van der Waals surface area (Å²) in [5.74, 6) is 7.68. The zero-order valence-electron chi connectivity index (χ0n) is 15.9. The number of carbonyl (C=O) groups is 1. The van der Waals surface area contributed by atoms with Crippen LogP contribution in [0.1, 0.15) is 18.2 Å². The Kier molecular flexibility index (Phi) is 8.38. The molecule has 168 valence electrons. The first kappa shape index (κ1) is 24.1. The summed E-state index contributed by atoms with van der Waals surface area (Å²) in [6.45, 7) is -1.21. The van der Waals surface area contributed by atoms with Crippen LogP contribution in [-0.4, -0.2) is 65.4 Å². The molecule has 2 rings (SSSR count). The van der Waals surface area contributed by atoms with Crippen LogP contribution in [0.5, 0.6) is 0 Å². The summed E-state index contributed by atoms with van der Waals surface area (Å²) in [6, 6.07) is 0. The average molecular weight is 446 g/mol. The Hall–Kier alpha value is -3.13. The lowest BCUT2D eigenvalue weighted by Crippen LogP contribution is -2.38. The van der Waals surface area contributed by atoms with Crippen LogP contribution in [0.2, 0.25) is 0 Å². The molecule has 1 amide bonds. The van der Waals surface area contributed by atoms with Crippen molar-refractivity contribution in [2.24, 2.45) is 0 Å². The summed E-state index contributed by atoms with van der Waals surface area (Å²) in [5, 5.41) is 10.7. The van der Waals surface area contributed by atoms with Gasteiger partial charge in [-0.3, -0.25) is 9.36 Å². The molecule has 1 aliphatic rings. The Bertz CT molecular complexity index is 974. The van der Waals surface area contributed by atoms with E-state index in [4.69, 9.17) is 20.3 Å². The number of ether oxygens (including phenoxy) is 2. The van der Waals surface area contributed by atoms with E-state index < -0.39 is 42.9 Å². The monoisotopic (exact) mass is 446 g/mol. The van der Waals surface area contributed by atoms with Crippen LogP contribution in [0.4, 0.5) is 23.4 Å². The minimum Gasteiger partial charge on any atom is -0.394 e. The summed E-state index contributed by atoms with van der Waals surface area (Å²) in [7, 11) is 0. The number of aliphatic hydroxyl groups excluding tert-OH is 1. The van der Waals surface area contributed by atoms with Gasteiger partial charge in [0.25, 0.3) is 0 Å². The predicted octanol–water partition coefficient (Wildman–Crippen LogP) is -0.507. The topological polar surface area (TPSA) is 129 Å². The van der Waals surface area contributed by atoms with Gasteiger partial charge in [0, 0.05) is 19.2 Å². The van der Waals surface area contributed by atoms with Gasteiger partial charge in [0.1, 0.15) is 30.9 Å². The molecule has 1 saturated heterocycles. The zero-order chi connectivity index (χ0) is 23.0. The maximum atomic E-state index is 13.8. The van der Waals surface area contributed by atoms with Gasteiger partial charge in [0.15, 0.2) is 0 Å². The van der Waals surface area contributed by atoms with Crippen molar-refractivity contribution in [1.29, 1.82) is 0 Å². The third-order valence-corrected chi connectivity index (χ3v) is 3.95. The van der Waals surface area contributed by atoms with Crippen LogP contribution in [0.25, 0.3) is 0 Å². The SMILES string of the molecule is Nc1nc(=O)n(C2CC(F)C(CO)O2)cc1C#CC#CCOCCNC(=O)C(F)(F)F. The van der Waals surface area contributed by atoms with Crippen molar-refractivity contribution < 1.29 is 36.9 Å². The average Bonchev–Trinajstić information content (AvgIpc) is 3.07. The Morgan fingerprint density at radius 3 is 2.84 bits per heavy atom. The lowest BCUT2D eigenvalue weighted by atomic mass is 10.2. The van der Waals surface area contributed by atoms with Gasteiger partial charge in [-0.2, -0.15) is 18.2 Å². The molecule has 0 aliphatic carbocycles. The fourth-order valence-electron chi connectivity index (χ4n) is 2.45. The lowest BCUT2D eigenvalue weighted by Gasteiger charge is -2.14. The second kappa shape index (κ2) is 10.8. The first-order valence-corrected chi connectivity index (χ1v) is 8.84. The van der Waals surface area contributed by atoms with Crippen molar-refractivity contribution >= 4 is 11.7 Å². The highest BCUT2D eigenvalue weighted by Crippen LogP contribution is 2.29. The van der Waals surface area contributed by atoms with Crippen molar-refractivity contribution in [2.45, 2.75) is 31.1 Å². The van der Waals surface area contributed by atoms with Crippen molar-refractivity contribution in [3.63, 3.8) is 0 Å². The van der Waals surface area contributed by atoms with E-state index in [2.05, 4.69) is 28.7 Å². The molecule has 31 heavy (non-hydrogen) atoms. The quantitative estimate of drug-likeness (QED) is 0.305. The van der Waals surface area contributed by atoms with Gasteiger partial charge in [0.05, 0.1) is 18.8 Å². The van der Waals surface area contributed by atoms with E-state index in [1.54, 1.807) is 5.32 Å². The maximum Gasteiger partial charge on any atom is 0.471 e. The molecule has 1 aromatic rings. The van der Waals surface area contributed by atoms with Crippen LogP contribution < -0.4 is 16.7 Å². The van der Waals surface area contributed by atoms with Gasteiger partial charge in [-0.05, 0) is 17.8 Å². The fourth-order valence-corrected chi connectivity index (χ4v) is 2.45. The molecule has 1 aliphatic heterocycles. The summed E-state index contributed by atoms with van der Waals surface area (Å²) < 4.78 is 60.9. The number of rotatable bonds is 6. The summed E-state index contributed by atoms with van der Waals surface area (Å²) in [6.07, 6.45) is -7.31. The molecule has 1 aromatic heterocycles. The molecule has 0 spiro atoms. The summed E-state index contributed by atoms with van der Waals surface area (Å²) in [5.41, 5.74) is 5.02. The fraction of sp³-hybridized carbons (Fsp3) is 0.500. The van der Waals surface area contributed by atoms with E-state index in [1.807, 2.05) is 0 Å². The van der Waals surface area contributed by atoms with E-state index in [-0.39, 0.29) is 37.6 Å². The Morgan fingerprint density at radius 1 is 1.45 bits per heavy atom. The Balaban J connectivity index is 1.90. The van der Waals surface area contributed by atoms with Gasteiger partial charge in [0.2, 0.25) is 0 Å². The van der Waals surface area contributed by atoms with Crippen molar-refractivity contribution in [3.8, 4) is 23.7 Å². The van der Waals surface area contributed by atoms with Crippen LogP contribution in [0, 0.1) is 23.7 Å². The van der Waals surface area contributed by atoms with Crippen LogP contribution in [0.15, 0.2) is 11.0 Å². The van der Waals surface area contributed by atoms with Gasteiger partial charge in [-0.15, -0.1) is 0 Å². The normalized spacial score (nSPS) is 20.4. The third kappa shape index (κ3) is 6.96. The molecule has 0 saturated carbocycles. The number of nitrogen functional groups attached to an aromatic ring is 1. The summed E-state index contributed by atoms with van der Waals surface area (Å²) >= 11 is 0. The molecule has 0 radical (unpaired) electrons. The largest absolute Gasteiger partial charge is 0.471 e. The van der Waals surface area contributed by atoms with Crippen molar-refractivity contribution in [3.05, 3.63) is 22.2 Å². The number of aliphatic hydroxyl groups is 1. The number of halogens is 4. The number of hydrogen-bond donors (Lipinski definition) is 3. The first-order chi connectivity index (χ1) is 14.6. The van der Waals surface area contributed by atoms with Gasteiger partial charge < -0.3 is 25.6 Å². The van der Waals surface area contributed by atoms with Gasteiger partial charge in [-0.1, -0.05) is 5.92 Å². The second-order valence-electron chi connectivity index (χ2n) is 6.15. The molecule has 1 fully saturated rings. The number of hydrogen-bond acceptors (Lipinski definition) is 7. The van der Waals surface area contributed by atoms with Gasteiger partial charge >= 0.3 is 17.8 Å². The second-order valence-corrected chi connectivity index (χ2v) is 6.15. The first-order valence-electron chi connectivity index (χ1n) is 8.84. The van der Waals surface area contributed by atoms with E-state index >= 15 is 0 Å². The van der Waals surface area contributed by atoms with Gasteiger partial charge in [-0.25, -0.2) is 9.18 Å². The molecule has 0 bridgehead atoms. The smallest absolute Gasteiger partial charge is 0.394 e. The van der Waals surface area contributed by atoms with E-state index in [1.165, 1.54) is 6.20 Å². The zero-order valence-corrected chi connectivity index (χ0v) is 15.9. The highest BCUT2D eigenvalue weighted by molar-refractivity contribution is 5.81. The van der Waals surface area contributed by atoms with Crippen LogP contribution >= 0.6 is 0 Å². The molecule has 0 aromatic carbocycles. The Labute approximate surface area is 173 Å². The molecule has 2 heterocycles. The number of carbonyl (C=O) groups excluding carboxylic acids is 1. The number of aromatic nitrogens is 2. The number of anilines is 1. The van der Waals surface area contributed by atoms with Crippen LogP contribution in [0.3, 0.4) is 0 Å². The third-order valence-electron chi connectivity index (χ3n) is 3.95. The number of nitrogens with two attached hydrogens (primary N) is 1. The molecular weight excluding hydrogens is 428 g/mol. The Morgan fingerprint density at radius 2 is 2.19 bits per heavy atom. The van der Waals surface area contributed by atoms with Crippen LogP contribution in [-0.2, 0) is 14.3 Å². The van der Waals surface area contributed by atoms with E-state index in [9.17, 15) is 27.2 Å². The van der Waals surface area contributed by atoms with E-state index in [0.29, 0.717) is 0 Å². The highest BCUT2D eigenvalue weighted by Gasteiger charge is 2.38. The predicted molar refractivity (Wildman–Crippen MR) is 98.0 cm³/mol. The van der Waals surface area contributed by atoms with E-state index in [0.717, 1.165) is 4.57 Å². The summed E-state index contributed by atoms with van der Waals surface area (Å²) in [4.78, 5) is 26.2. The van der Waals surface area contributed by atoms with Crippen molar-refractivity contribution in [1.82, 2.24) is 14.9 Å². The maximum absolute atomic E-state index is 13.8. The molecule has 3 atom stereocenters. The lowest BCUT2D eigenvalue weighted by molar-refractivity contribution is -0.173. The molecule has 4 N–H and O–H groups in total. The number of nitrogens with one attached hydrogen (secondary N) is 1.